The lowest BCUT2D eigenvalue weighted by molar-refractivity contribution is -0.140. The molecule has 1 amide bonds. The van der Waals surface area contributed by atoms with Crippen LogP contribution in [0.5, 0.6) is 17.2 Å². The van der Waals surface area contributed by atoms with Crippen molar-refractivity contribution in [1.82, 2.24) is 9.80 Å². The first kappa shape index (κ1) is 25.3. The molecule has 0 radical (unpaired) electrons. The molecule has 2 N–H and O–H groups in total. The number of nitrogens with zero attached hydrogens (tertiary/aromatic N) is 2. The van der Waals surface area contributed by atoms with Crippen LogP contribution in [0.3, 0.4) is 0 Å². The minimum Gasteiger partial charge on any atom is -0.507 e. The molecule has 9 heteroatoms. The zero-order valence-corrected chi connectivity index (χ0v) is 20.2. The first-order chi connectivity index (χ1) is 17.4. The van der Waals surface area contributed by atoms with Gasteiger partial charge in [0, 0.05) is 31.7 Å². The van der Waals surface area contributed by atoms with Crippen LogP contribution < -0.4 is 9.47 Å². The highest BCUT2D eigenvalue weighted by Gasteiger charge is 2.46. The molecule has 190 valence electrons. The van der Waals surface area contributed by atoms with Crippen molar-refractivity contribution in [3.05, 3.63) is 71.8 Å². The van der Waals surface area contributed by atoms with Gasteiger partial charge in [0.2, 0.25) is 0 Å². The summed E-state index contributed by atoms with van der Waals surface area (Å²) in [6.45, 7) is 7.49. The highest BCUT2D eigenvalue weighted by atomic mass is 16.5. The largest absolute Gasteiger partial charge is 0.507 e. The average molecular weight is 495 g/mol. The van der Waals surface area contributed by atoms with Crippen molar-refractivity contribution in [3.63, 3.8) is 0 Å². The van der Waals surface area contributed by atoms with Gasteiger partial charge in [0.25, 0.3) is 11.7 Å². The van der Waals surface area contributed by atoms with Crippen LogP contribution in [0.15, 0.2) is 60.7 Å². The molecule has 36 heavy (non-hydrogen) atoms. The van der Waals surface area contributed by atoms with Gasteiger partial charge in [-0.15, -0.1) is 0 Å². The van der Waals surface area contributed by atoms with Gasteiger partial charge in [-0.1, -0.05) is 18.7 Å². The third-order valence-electron chi connectivity index (χ3n) is 6.32. The summed E-state index contributed by atoms with van der Waals surface area (Å²) in [6.07, 6.45) is 1.62. The number of phenolic OH excluding ortho intramolecular Hbond substituents is 1. The number of methoxy groups -OCH3 is 1. The molecule has 1 atom stereocenters. The van der Waals surface area contributed by atoms with Gasteiger partial charge in [0.1, 0.15) is 18.1 Å². The van der Waals surface area contributed by atoms with Crippen LogP contribution in [0, 0.1) is 0 Å². The molecule has 2 saturated heterocycles. The number of Topliss-reactive ketones (excluding diaryl/α,β-unsaturated/α-hetero) is 1. The van der Waals surface area contributed by atoms with E-state index in [9.17, 15) is 19.8 Å². The van der Waals surface area contributed by atoms with Crippen LogP contribution in [0.4, 0.5) is 0 Å². The zero-order chi connectivity index (χ0) is 25.7. The summed E-state index contributed by atoms with van der Waals surface area (Å²) in [5.41, 5.74) is 0.899. The zero-order valence-electron chi connectivity index (χ0n) is 20.2. The number of aliphatic hydroxyl groups is 1. The summed E-state index contributed by atoms with van der Waals surface area (Å²) in [7, 11) is 1.42. The van der Waals surface area contributed by atoms with Gasteiger partial charge in [-0.05, 0) is 42.0 Å². The lowest BCUT2D eigenvalue weighted by Crippen LogP contribution is -2.42. The third-order valence-corrected chi connectivity index (χ3v) is 6.32. The van der Waals surface area contributed by atoms with Crippen molar-refractivity contribution in [2.75, 3.05) is 53.1 Å². The van der Waals surface area contributed by atoms with E-state index in [0.29, 0.717) is 43.2 Å². The number of hydrogen-bond donors (Lipinski definition) is 2. The number of likely N-dealkylation sites (tertiary alicyclic amines) is 1. The highest BCUT2D eigenvalue weighted by molar-refractivity contribution is 6.46. The molecule has 0 saturated carbocycles. The minimum absolute atomic E-state index is 0.0190. The summed E-state index contributed by atoms with van der Waals surface area (Å²) in [4.78, 5) is 30.1. The fraction of sp³-hybridized carbons (Fsp3) is 0.333. The van der Waals surface area contributed by atoms with E-state index in [0.717, 1.165) is 13.1 Å². The Kier molecular flexibility index (Phi) is 7.92. The summed E-state index contributed by atoms with van der Waals surface area (Å²) in [6, 6.07) is 10.4. The molecule has 2 aromatic carbocycles. The lowest BCUT2D eigenvalue weighted by atomic mass is 9.95. The molecule has 0 bridgehead atoms. The molecule has 2 fully saturated rings. The number of aliphatic hydroxyl groups excluding tert-OH is 1. The van der Waals surface area contributed by atoms with Crippen molar-refractivity contribution >= 4 is 17.4 Å². The Bertz CT molecular complexity index is 1150. The molecule has 2 aliphatic rings. The SMILES string of the molecule is C=CCOc1ccc(/C(O)=C2/C(=O)C(=O)N(CCN3CCOCC3)C2c2ccc(O)c(OC)c2)cc1. The molecule has 0 aromatic heterocycles. The van der Waals surface area contributed by atoms with Crippen LogP contribution in [-0.4, -0.2) is 84.8 Å². The van der Waals surface area contributed by atoms with Crippen LogP contribution in [0.1, 0.15) is 17.2 Å². The second-order valence-electron chi connectivity index (χ2n) is 8.50. The summed E-state index contributed by atoms with van der Waals surface area (Å²) in [5.74, 6) is -1.02. The quantitative estimate of drug-likeness (QED) is 0.237. The monoisotopic (exact) mass is 494 g/mol. The van der Waals surface area contributed by atoms with Crippen LogP contribution >= 0.6 is 0 Å². The van der Waals surface area contributed by atoms with E-state index in [-0.39, 0.29) is 29.4 Å². The normalized spacial score (nSPS) is 19.9. The number of morpholine rings is 1. The first-order valence-electron chi connectivity index (χ1n) is 11.7. The Morgan fingerprint density at radius 1 is 1.14 bits per heavy atom. The van der Waals surface area contributed by atoms with E-state index in [4.69, 9.17) is 14.2 Å². The van der Waals surface area contributed by atoms with Crippen molar-refractivity contribution in [2.45, 2.75) is 6.04 Å². The summed E-state index contributed by atoms with van der Waals surface area (Å²) in [5, 5.41) is 21.3. The van der Waals surface area contributed by atoms with Gasteiger partial charge in [0.15, 0.2) is 11.5 Å². The van der Waals surface area contributed by atoms with Gasteiger partial charge in [0.05, 0.1) is 31.9 Å². The number of benzene rings is 2. The van der Waals surface area contributed by atoms with Crippen LogP contribution in [0.25, 0.3) is 5.76 Å². The molecule has 2 heterocycles. The molecule has 0 spiro atoms. The number of aromatic hydroxyl groups is 1. The highest BCUT2D eigenvalue weighted by Crippen LogP contribution is 2.41. The number of phenols is 1. The van der Waals surface area contributed by atoms with Crippen molar-refractivity contribution in [3.8, 4) is 17.2 Å². The fourth-order valence-electron chi connectivity index (χ4n) is 4.42. The first-order valence-corrected chi connectivity index (χ1v) is 11.7. The Morgan fingerprint density at radius 2 is 1.86 bits per heavy atom. The maximum absolute atomic E-state index is 13.2. The van der Waals surface area contributed by atoms with Crippen molar-refractivity contribution in [2.24, 2.45) is 0 Å². The van der Waals surface area contributed by atoms with Gasteiger partial charge in [-0.2, -0.15) is 0 Å². The van der Waals surface area contributed by atoms with Gasteiger partial charge in [-0.3, -0.25) is 14.5 Å². The Hall–Kier alpha value is -3.82. The van der Waals surface area contributed by atoms with E-state index in [1.54, 1.807) is 42.5 Å². The average Bonchev–Trinajstić information content (AvgIpc) is 3.16. The number of carbonyl (C=O) groups is 2. The second-order valence-corrected chi connectivity index (χ2v) is 8.50. The minimum atomic E-state index is -0.850. The maximum atomic E-state index is 13.2. The molecular formula is C27H30N2O7. The molecule has 9 nitrogen and oxygen atoms in total. The van der Waals surface area contributed by atoms with Crippen molar-refractivity contribution < 1.29 is 34.0 Å². The molecule has 1 unspecified atom stereocenters. The maximum Gasteiger partial charge on any atom is 0.295 e. The van der Waals surface area contributed by atoms with E-state index in [2.05, 4.69) is 11.5 Å². The van der Waals surface area contributed by atoms with Crippen molar-refractivity contribution in [1.29, 1.82) is 0 Å². The Balaban J connectivity index is 1.73. The lowest BCUT2D eigenvalue weighted by Gasteiger charge is -2.31. The molecule has 2 aromatic rings. The summed E-state index contributed by atoms with van der Waals surface area (Å²) < 4.78 is 16.1. The predicted molar refractivity (Wildman–Crippen MR) is 133 cm³/mol. The number of rotatable bonds is 9. The predicted octanol–water partition coefficient (Wildman–Crippen LogP) is 2.72. The third kappa shape index (κ3) is 5.22. The van der Waals surface area contributed by atoms with Gasteiger partial charge >= 0.3 is 0 Å². The molecule has 0 aliphatic carbocycles. The topological polar surface area (TPSA) is 109 Å². The van der Waals surface area contributed by atoms with Crippen LogP contribution in [0.2, 0.25) is 0 Å². The second kappa shape index (κ2) is 11.3. The fourth-order valence-corrected chi connectivity index (χ4v) is 4.42. The number of carbonyl (C=O) groups excluding carboxylic acids is 2. The molecular weight excluding hydrogens is 464 g/mol. The Morgan fingerprint density at radius 3 is 2.53 bits per heavy atom. The number of hydrogen-bond acceptors (Lipinski definition) is 8. The standard InChI is InChI=1S/C27H30N2O7/c1-3-14-36-20-7-4-18(5-8-20)25(31)23-24(19-6-9-21(30)22(17-19)34-2)29(27(33)26(23)32)11-10-28-12-15-35-16-13-28/h3-9,17,24,30-31H,1,10-16H2,2H3/b25-23-. The van der Waals surface area contributed by atoms with E-state index in [1.165, 1.54) is 18.1 Å². The van der Waals surface area contributed by atoms with E-state index >= 15 is 0 Å². The van der Waals surface area contributed by atoms with E-state index in [1.807, 2.05) is 0 Å². The van der Waals surface area contributed by atoms with Gasteiger partial charge < -0.3 is 29.3 Å². The number of ether oxygens (including phenoxy) is 3. The van der Waals surface area contributed by atoms with E-state index < -0.39 is 17.7 Å². The van der Waals surface area contributed by atoms with Gasteiger partial charge in [-0.25, -0.2) is 0 Å². The number of ketones is 1. The molecule has 2 aliphatic heterocycles. The number of amides is 1. The molecule has 4 rings (SSSR count). The summed E-state index contributed by atoms with van der Waals surface area (Å²) >= 11 is 0. The smallest absolute Gasteiger partial charge is 0.295 e. The van der Waals surface area contributed by atoms with Crippen LogP contribution in [-0.2, 0) is 14.3 Å². The Labute approximate surface area is 209 Å².